The quantitative estimate of drug-likeness (QED) is 0.926. The zero-order valence-electron chi connectivity index (χ0n) is 13.4. The second kappa shape index (κ2) is 4.75. The molecule has 2 aliphatic heterocycles. The summed E-state index contributed by atoms with van der Waals surface area (Å²) in [5.74, 6) is 0.872. The average Bonchev–Trinajstić information content (AvgIpc) is 3.11. The first kappa shape index (κ1) is 14.1. The molecule has 0 radical (unpaired) electrons. The number of para-hydroxylation sites is 1. The number of anilines is 1. The standard InChI is InChI=1S/C19H20N2O2/c1-18(2)15-7-3-4-8-16(15)21-12-10-17(22)20-19(18,21)11-9-14-6-5-13-23-14/h3-9,11,13H,10,12H2,1-2H3,(H,20,22). The number of nitrogens with zero attached hydrogens (tertiary/aromatic N) is 1. The second-order valence-corrected chi connectivity index (χ2v) is 6.71. The van der Waals surface area contributed by atoms with Gasteiger partial charge in [0.25, 0.3) is 0 Å². The average molecular weight is 308 g/mol. The van der Waals surface area contributed by atoms with Gasteiger partial charge in [0, 0.05) is 24.1 Å². The highest BCUT2D eigenvalue weighted by atomic mass is 16.3. The summed E-state index contributed by atoms with van der Waals surface area (Å²) in [6.07, 6.45) is 6.19. The third-order valence-electron chi connectivity index (χ3n) is 5.17. The van der Waals surface area contributed by atoms with Crippen molar-refractivity contribution in [1.29, 1.82) is 0 Å². The summed E-state index contributed by atoms with van der Waals surface area (Å²) in [5.41, 5.74) is 1.63. The van der Waals surface area contributed by atoms with E-state index >= 15 is 0 Å². The Hall–Kier alpha value is -2.49. The van der Waals surface area contributed by atoms with Crippen LogP contribution >= 0.6 is 0 Å². The van der Waals surface area contributed by atoms with E-state index in [1.54, 1.807) is 6.26 Å². The van der Waals surface area contributed by atoms with Crippen LogP contribution in [0.4, 0.5) is 5.69 Å². The van der Waals surface area contributed by atoms with Gasteiger partial charge in [0.1, 0.15) is 11.4 Å². The van der Waals surface area contributed by atoms with Crippen molar-refractivity contribution in [2.75, 3.05) is 11.4 Å². The highest BCUT2D eigenvalue weighted by Crippen LogP contribution is 2.52. The number of hydrogen-bond donors (Lipinski definition) is 1. The summed E-state index contributed by atoms with van der Waals surface area (Å²) in [7, 11) is 0. The minimum absolute atomic E-state index is 0.0891. The van der Waals surface area contributed by atoms with E-state index in [1.807, 2.05) is 18.2 Å². The Bertz CT molecular complexity index is 776. The number of fused-ring (bicyclic) bond motifs is 3. The molecule has 1 unspecified atom stereocenters. The first-order valence-electron chi connectivity index (χ1n) is 7.95. The summed E-state index contributed by atoms with van der Waals surface area (Å²) in [6.45, 7) is 5.09. The van der Waals surface area contributed by atoms with Crippen molar-refractivity contribution < 1.29 is 9.21 Å². The molecule has 1 fully saturated rings. The van der Waals surface area contributed by atoms with Gasteiger partial charge in [-0.3, -0.25) is 4.79 Å². The first-order valence-corrected chi connectivity index (χ1v) is 7.95. The van der Waals surface area contributed by atoms with Crippen LogP contribution in [0.3, 0.4) is 0 Å². The lowest BCUT2D eigenvalue weighted by Crippen LogP contribution is -2.68. The van der Waals surface area contributed by atoms with Crippen LogP contribution in [0.5, 0.6) is 0 Å². The normalized spacial score (nSPS) is 25.3. The smallest absolute Gasteiger partial charge is 0.223 e. The van der Waals surface area contributed by atoms with Gasteiger partial charge in [-0.2, -0.15) is 0 Å². The fourth-order valence-corrected chi connectivity index (χ4v) is 3.91. The van der Waals surface area contributed by atoms with Gasteiger partial charge in [0.2, 0.25) is 5.91 Å². The van der Waals surface area contributed by atoms with Gasteiger partial charge in [-0.05, 0) is 35.9 Å². The molecule has 0 aliphatic carbocycles. The van der Waals surface area contributed by atoms with Crippen molar-refractivity contribution in [3.8, 4) is 0 Å². The molecule has 0 saturated carbocycles. The lowest BCUT2D eigenvalue weighted by molar-refractivity contribution is -0.124. The molecule has 1 atom stereocenters. The minimum Gasteiger partial charge on any atom is -0.465 e. The van der Waals surface area contributed by atoms with Crippen molar-refractivity contribution in [3.05, 3.63) is 60.1 Å². The van der Waals surface area contributed by atoms with Gasteiger partial charge < -0.3 is 14.6 Å². The van der Waals surface area contributed by atoms with E-state index < -0.39 is 5.66 Å². The molecule has 4 heteroatoms. The second-order valence-electron chi connectivity index (χ2n) is 6.71. The Labute approximate surface area is 135 Å². The number of hydrogen-bond acceptors (Lipinski definition) is 3. The fraction of sp³-hybridized carbons (Fsp3) is 0.316. The number of amides is 1. The van der Waals surface area contributed by atoms with Crippen LogP contribution in [0.2, 0.25) is 0 Å². The third-order valence-corrected chi connectivity index (χ3v) is 5.17. The van der Waals surface area contributed by atoms with E-state index in [2.05, 4.69) is 54.4 Å². The molecule has 2 aromatic rings. The minimum atomic E-state index is -0.571. The molecule has 3 heterocycles. The summed E-state index contributed by atoms with van der Waals surface area (Å²) in [5, 5.41) is 3.25. The highest BCUT2D eigenvalue weighted by Gasteiger charge is 2.57. The predicted octanol–water partition coefficient (Wildman–Crippen LogP) is 3.31. The molecule has 118 valence electrons. The molecule has 1 N–H and O–H groups in total. The van der Waals surface area contributed by atoms with E-state index in [4.69, 9.17) is 4.42 Å². The lowest BCUT2D eigenvalue weighted by Gasteiger charge is -2.49. The molecule has 2 aliphatic rings. The van der Waals surface area contributed by atoms with Crippen molar-refractivity contribution in [3.63, 3.8) is 0 Å². The Balaban J connectivity index is 1.87. The van der Waals surface area contributed by atoms with Gasteiger partial charge >= 0.3 is 0 Å². The number of carbonyl (C=O) groups is 1. The molecule has 4 rings (SSSR count). The molecular formula is C19H20N2O2. The summed E-state index contributed by atoms with van der Waals surface area (Å²) >= 11 is 0. The predicted molar refractivity (Wildman–Crippen MR) is 90.0 cm³/mol. The monoisotopic (exact) mass is 308 g/mol. The van der Waals surface area contributed by atoms with Crippen LogP contribution in [0, 0.1) is 0 Å². The van der Waals surface area contributed by atoms with Gasteiger partial charge in [0.05, 0.1) is 6.26 Å². The molecule has 1 aromatic carbocycles. The van der Waals surface area contributed by atoms with E-state index in [9.17, 15) is 4.79 Å². The summed E-state index contributed by atoms with van der Waals surface area (Å²) in [4.78, 5) is 14.5. The molecular weight excluding hydrogens is 288 g/mol. The van der Waals surface area contributed by atoms with Crippen LogP contribution < -0.4 is 10.2 Å². The zero-order chi connectivity index (χ0) is 16.1. The van der Waals surface area contributed by atoms with Crippen molar-refractivity contribution in [2.24, 2.45) is 0 Å². The van der Waals surface area contributed by atoms with Crippen molar-refractivity contribution >= 4 is 17.7 Å². The molecule has 1 saturated heterocycles. The lowest BCUT2D eigenvalue weighted by atomic mass is 9.74. The summed E-state index contributed by atoms with van der Waals surface area (Å²) in [6, 6.07) is 12.2. The maximum Gasteiger partial charge on any atom is 0.223 e. The Morgan fingerprint density at radius 3 is 2.83 bits per heavy atom. The van der Waals surface area contributed by atoms with Crippen LogP contribution in [0.1, 0.15) is 31.6 Å². The van der Waals surface area contributed by atoms with E-state index in [0.717, 1.165) is 12.3 Å². The van der Waals surface area contributed by atoms with Gasteiger partial charge in [-0.25, -0.2) is 0 Å². The summed E-state index contributed by atoms with van der Waals surface area (Å²) < 4.78 is 5.42. The Morgan fingerprint density at radius 2 is 2.04 bits per heavy atom. The topological polar surface area (TPSA) is 45.5 Å². The molecule has 0 spiro atoms. The third kappa shape index (κ3) is 1.87. The van der Waals surface area contributed by atoms with Crippen LogP contribution in [0.25, 0.3) is 6.08 Å². The van der Waals surface area contributed by atoms with Crippen LogP contribution in [-0.4, -0.2) is 18.1 Å². The molecule has 0 bridgehead atoms. The van der Waals surface area contributed by atoms with Gasteiger partial charge in [-0.1, -0.05) is 32.0 Å². The molecule has 4 nitrogen and oxygen atoms in total. The largest absolute Gasteiger partial charge is 0.465 e. The Kier molecular flexibility index (Phi) is 2.92. The zero-order valence-corrected chi connectivity index (χ0v) is 13.4. The van der Waals surface area contributed by atoms with Crippen molar-refractivity contribution in [2.45, 2.75) is 31.3 Å². The first-order chi connectivity index (χ1) is 11.0. The van der Waals surface area contributed by atoms with E-state index in [1.165, 1.54) is 11.3 Å². The number of furan rings is 1. The van der Waals surface area contributed by atoms with Crippen LogP contribution in [-0.2, 0) is 10.2 Å². The van der Waals surface area contributed by atoms with Crippen molar-refractivity contribution in [1.82, 2.24) is 5.32 Å². The Morgan fingerprint density at radius 1 is 1.22 bits per heavy atom. The van der Waals surface area contributed by atoms with Gasteiger partial charge in [0.15, 0.2) is 0 Å². The highest BCUT2D eigenvalue weighted by molar-refractivity contribution is 5.84. The number of rotatable bonds is 2. The molecule has 1 aromatic heterocycles. The fourth-order valence-electron chi connectivity index (χ4n) is 3.91. The van der Waals surface area contributed by atoms with Gasteiger partial charge in [-0.15, -0.1) is 0 Å². The molecule has 1 amide bonds. The van der Waals surface area contributed by atoms with Crippen LogP contribution in [0.15, 0.2) is 53.2 Å². The number of benzene rings is 1. The maximum atomic E-state index is 12.2. The van der Waals surface area contributed by atoms with E-state index in [0.29, 0.717) is 6.42 Å². The molecule has 23 heavy (non-hydrogen) atoms. The number of carbonyl (C=O) groups excluding carboxylic acids is 1. The van der Waals surface area contributed by atoms with E-state index in [-0.39, 0.29) is 11.3 Å². The SMILES string of the molecule is CC1(C)c2ccccc2N2CCC(=O)NC21C=Cc1ccco1. The number of nitrogens with one attached hydrogen (secondary N) is 1. The maximum absolute atomic E-state index is 12.2.